The molecule has 1 aromatic heterocycles. The maximum absolute atomic E-state index is 12.1. The maximum atomic E-state index is 12.1. The second-order valence-corrected chi connectivity index (χ2v) is 5.07. The smallest absolute Gasteiger partial charge is 0.270 e. The van der Waals surface area contributed by atoms with Crippen molar-refractivity contribution in [2.24, 2.45) is 17.7 Å². The van der Waals surface area contributed by atoms with Crippen molar-refractivity contribution in [3.8, 4) is 0 Å². The zero-order chi connectivity index (χ0) is 13.1. The molecule has 18 heavy (non-hydrogen) atoms. The third kappa shape index (κ3) is 2.61. The van der Waals surface area contributed by atoms with Crippen molar-refractivity contribution in [1.29, 1.82) is 0 Å². The fraction of sp³-hybridized carbons (Fsp3) is 0.538. The van der Waals surface area contributed by atoms with E-state index in [1.54, 1.807) is 18.3 Å². The van der Waals surface area contributed by atoms with Crippen LogP contribution in [0, 0.1) is 11.8 Å². The lowest BCUT2D eigenvalue weighted by atomic mass is 9.98. The third-order valence-corrected chi connectivity index (χ3v) is 3.94. The van der Waals surface area contributed by atoms with Gasteiger partial charge in [0.15, 0.2) is 0 Å². The van der Waals surface area contributed by atoms with Crippen molar-refractivity contribution in [3.05, 3.63) is 24.0 Å². The van der Waals surface area contributed by atoms with Crippen molar-refractivity contribution in [2.45, 2.75) is 32.7 Å². The van der Waals surface area contributed by atoms with E-state index in [4.69, 9.17) is 5.84 Å². The first-order chi connectivity index (χ1) is 8.61. The number of carbonyl (C=O) groups is 1. The van der Waals surface area contributed by atoms with Crippen LogP contribution in [0.5, 0.6) is 0 Å². The Morgan fingerprint density at radius 3 is 2.83 bits per heavy atom. The van der Waals surface area contributed by atoms with Crippen LogP contribution < -0.4 is 16.6 Å². The molecule has 4 N–H and O–H groups in total. The number of hydrazine groups is 1. The Kier molecular flexibility index (Phi) is 3.81. The molecule has 1 heterocycles. The highest BCUT2D eigenvalue weighted by molar-refractivity contribution is 5.93. The van der Waals surface area contributed by atoms with Crippen molar-refractivity contribution in [3.63, 3.8) is 0 Å². The van der Waals surface area contributed by atoms with Gasteiger partial charge in [-0.15, -0.1) is 0 Å². The normalized spacial score (nSPS) is 26.9. The largest absolute Gasteiger partial charge is 0.348 e. The molecule has 1 fully saturated rings. The molecule has 0 saturated heterocycles. The molecule has 5 heteroatoms. The fourth-order valence-electron chi connectivity index (χ4n) is 2.46. The molecule has 1 saturated carbocycles. The van der Waals surface area contributed by atoms with Gasteiger partial charge in [-0.1, -0.05) is 13.8 Å². The van der Waals surface area contributed by atoms with E-state index in [9.17, 15) is 4.79 Å². The summed E-state index contributed by atoms with van der Waals surface area (Å²) in [5.74, 6) is 6.37. The second kappa shape index (κ2) is 5.35. The van der Waals surface area contributed by atoms with Crippen LogP contribution in [0.3, 0.4) is 0 Å². The zero-order valence-corrected chi connectivity index (χ0v) is 10.8. The van der Waals surface area contributed by atoms with Gasteiger partial charge in [0, 0.05) is 12.2 Å². The highest BCUT2D eigenvalue weighted by Gasteiger charge is 2.31. The van der Waals surface area contributed by atoms with Crippen LogP contribution in [0.25, 0.3) is 0 Å². The monoisotopic (exact) mass is 248 g/mol. The fourth-order valence-corrected chi connectivity index (χ4v) is 2.46. The number of nitrogen functional groups attached to an aromatic ring is 1. The molecule has 0 radical (unpaired) electrons. The number of anilines is 1. The molecule has 0 aliphatic heterocycles. The summed E-state index contributed by atoms with van der Waals surface area (Å²) in [4.78, 5) is 16.1. The topological polar surface area (TPSA) is 80.0 Å². The number of carbonyl (C=O) groups excluding carboxylic acids is 1. The maximum Gasteiger partial charge on any atom is 0.270 e. The van der Waals surface area contributed by atoms with Crippen molar-refractivity contribution < 1.29 is 4.79 Å². The molecule has 0 aromatic carbocycles. The van der Waals surface area contributed by atoms with Crippen molar-refractivity contribution in [2.75, 3.05) is 5.43 Å². The van der Waals surface area contributed by atoms with Gasteiger partial charge in [-0.2, -0.15) is 0 Å². The van der Waals surface area contributed by atoms with E-state index >= 15 is 0 Å². The number of nitrogens with two attached hydrogens (primary N) is 1. The first-order valence-corrected chi connectivity index (χ1v) is 6.35. The summed E-state index contributed by atoms with van der Waals surface area (Å²) in [6, 6.07) is 3.62. The van der Waals surface area contributed by atoms with Gasteiger partial charge in [0.25, 0.3) is 5.91 Å². The van der Waals surface area contributed by atoms with Gasteiger partial charge in [0.1, 0.15) is 5.69 Å². The molecule has 3 unspecified atom stereocenters. The van der Waals surface area contributed by atoms with E-state index < -0.39 is 0 Å². The van der Waals surface area contributed by atoms with Crippen molar-refractivity contribution >= 4 is 11.6 Å². The second-order valence-electron chi connectivity index (χ2n) is 5.07. The summed E-state index contributed by atoms with van der Waals surface area (Å²) < 4.78 is 0. The summed E-state index contributed by atoms with van der Waals surface area (Å²) >= 11 is 0. The predicted molar refractivity (Wildman–Crippen MR) is 70.9 cm³/mol. The average molecular weight is 248 g/mol. The molecule has 5 nitrogen and oxygen atoms in total. The van der Waals surface area contributed by atoms with Crippen LogP contribution in [-0.2, 0) is 0 Å². The number of nitrogens with one attached hydrogen (secondary N) is 2. The minimum absolute atomic E-state index is 0.127. The minimum atomic E-state index is -0.127. The Balaban J connectivity index is 2.03. The molecule has 0 bridgehead atoms. The zero-order valence-electron chi connectivity index (χ0n) is 10.8. The van der Waals surface area contributed by atoms with Crippen LogP contribution in [0.15, 0.2) is 18.3 Å². The summed E-state index contributed by atoms with van der Waals surface area (Å²) in [6.45, 7) is 4.42. The van der Waals surface area contributed by atoms with Gasteiger partial charge in [0.05, 0.1) is 5.69 Å². The number of amides is 1. The standard InChI is InChI=1S/C13H20N4O/c1-8-3-4-11(9(8)2)16-13(18)12-7-10(17-14)5-6-15-12/h5-9,11H,3-4,14H2,1-2H3,(H,15,17)(H,16,18). The Morgan fingerprint density at radius 1 is 1.44 bits per heavy atom. The molecule has 1 amide bonds. The first kappa shape index (κ1) is 12.8. The Bertz CT molecular complexity index is 435. The quantitative estimate of drug-likeness (QED) is 0.560. The average Bonchev–Trinajstić information content (AvgIpc) is 2.71. The van der Waals surface area contributed by atoms with E-state index in [0.29, 0.717) is 23.2 Å². The molecule has 3 atom stereocenters. The summed E-state index contributed by atoms with van der Waals surface area (Å²) in [7, 11) is 0. The Morgan fingerprint density at radius 2 is 2.22 bits per heavy atom. The number of aromatic nitrogens is 1. The molecule has 1 aliphatic rings. The van der Waals surface area contributed by atoms with Crippen LogP contribution >= 0.6 is 0 Å². The Hall–Kier alpha value is -1.62. The highest BCUT2D eigenvalue weighted by atomic mass is 16.1. The highest BCUT2D eigenvalue weighted by Crippen LogP contribution is 2.31. The number of hydrogen-bond acceptors (Lipinski definition) is 4. The number of nitrogens with zero attached hydrogens (tertiary/aromatic N) is 1. The predicted octanol–water partition coefficient (Wildman–Crippen LogP) is 1.53. The van der Waals surface area contributed by atoms with Gasteiger partial charge >= 0.3 is 0 Å². The van der Waals surface area contributed by atoms with Gasteiger partial charge in [-0.25, -0.2) is 0 Å². The van der Waals surface area contributed by atoms with Gasteiger partial charge in [0.2, 0.25) is 0 Å². The Labute approximate surface area is 107 Å². The number of pyridine rings is 1. The van der Waals surface area contributed by atoms with E-state index in [-0.39, 0.29) is 11.9 Å². The van der Waals surface area contributed by atoms with Crippen LogP contribution in [0.4, 0.5) is 5.69 Å². The summed E-state index contributed by atoms with van der Waals surface area (Å²) in [5, 5.41) is 3.06. The van der Waals surface area contributed by atoms with Gasteiger partial charge in [-0.05, 0) is 36.8 Å². The van der Waals surface area contributed by atoms with E-state index in [0.717, 1.165) is 6.42 Å². The van der Waals surface area contributed by atoms with E-state index in [1.807, 2.05) is 0 Å². The van der Waals surface area contributed by atoms with Crippen molar-refractivity contribution in [1.82, 2.24) is 10.3 Å². The first-order valence-electron chi connectivity index (χ1n) is 6.35. The SMILES string of the molecule is CC1CCC(NC(=O)c2cc(NN)ccn2)C1C. The van der Waals surface area contributed by atoms with Gasteiger partial charge < -0.3 is 10.7 Å². The van der Waals surface area contributed by atoms with Crippen LogP contribution in [0.1, 0.15) is 37.2 Å². The molecular formula is C13H20N4O. The number of rotatable bonds is 3. The number of hydrogen-bond donors (Lipinski definition) is 3. The lowest BCUT2D eigenvalue weighted by molar-refractivity contribution is 0.0922. The van der Waals surface area contributed by atoms with E-state index in [1.165, 1.54) is 6.42 Å². The summed E-state index contributed by atoms with van der Waals surface area (Å²) in [6.07, 6.45) is 3.79. The lowest BCUT2D eigenvalue weighted by Gasteiger charge is -2.19. The molecule has 0 spiro atoms. The van der Waals surface area contributed by atoms with Crippen LogP contribution in [0.2, 0.25) is 0 Å². The summed E-state index contributed by atoms with van der Waals surface area (Å²) in [5.41, 5.74) is 3.60. The van der Waals surface area contributed by atoms with Crippen LogP contribution in [-0.4, -0.2) is 16.9 Å². The third-order valence-electron chi connectivity index (χ3n) is 3.94. The molecule has 2 rings (SSSR count). The molecule has 1 aliphatic carbocycles. The van der Waals surface area contributed by atoms with Gasteiger partial charge in [-0.3, -0.25) is 15.6 Å². The molecular weight excluding hydrogens is 228 g/mol. The molecule has 1 aromatic rings. The van der Waals surface area contributed by atoms with E-state index in [2.05, 4.69) is 29.6 Å². The molecule has 98 valence electrons. The minimum Gasteiger partial charge on any atom is -0.348 e. The lowest BCUT2D eigenvalue weighted by Crippen LogP contribution is -2.37.